The van der Waals surface area contributed by atoms with E-state index in [1.54, 1.807) is 0 Å². The quantitative estimate of drug-likeness (QED) is 0.549. The summed E-state index contributed by atoms with van der Waals surface area (Å²) in [4.78, 5) is 6.86. The standard InChI is InChI=1S/C22H21N3/c1-16-10-12-17(13-11-16)19-7-3-4-8-20(19)24-22(23)25-15-14-18-6-2-5-9-21(18)25/h2-13H,14-15H2,1H3,(H2,23,24). The fourth-order valence-corrected chi connectivity index (χ4v) is 3.31. The van der Waals surface area contributed by atoms with Crippen LogP contribution in [-0.4, -0.2) is 12.5 Å². The number of nitrogens with two attached hydrogens (primary N) is 1. The lowest BCUT2D eigenvalue weighted by Crippen LogP contribution is -2.35. The Bertz CT molecular complexity index is 926. The van der Waals surface area contributed by atoms with E-state index in [9.17, 15) is 0 Å². The van der Waals surface area contributed by atoms with E-state index >= 15 is 0 Å². The van der Waals surface area contributed by atoms with Gasteiger partial charge < -0.3 is 10.6 Å². The van der Waals surface area contributed by atoms with Crippen molar-refractivity contribution in [2.75, 3.05) is 11.4 Å². The number of para-hydroxylation sites is 2. The number of aryl methyl sites for hydroxylation is 1. The van der Waals surface area contributed by atoms with Crippen LogP contribution in [0.5, 0.6) is 0 Å². The molecule has 3 aromatic rings. The van der Waals surface area contributed by atoms with Gasteiger partial charge in [0.2, 0.25) is 5.96 Å². The van der Waals surface area contributed by atoms with Crippen molar-refractivity contribution in [2.24, 2.45) is 10.7 Å². The Labute approximate surface area is 148 Å². The number of benzene rings is 3. The maximum atomic E-state index is 6.37. The van der Waals surface area contributed by atoms with Gasteiger partial charge in [-0.3, -0.25) is 0 Å². The summed E-state index contributed by atoms with van der Waals surface area (Å²) in [5.41, 5.74) is 13.3. The average molecular weight is 327 g/mol. The number of guanidine groups is 1. The summed E-state index contributed by atoms with van der Waals surface area (Å²) < 4.78 is 0. The molecule has 0 unspecified atom stereocenters. The van der Waals surface area contributed by atoms with Crippen molar-refractivity contribution in [1.29, 1.82) is 0 Å². The molecule has 1 aliphatic rings. The summed E-state index contributed by atoms with van der Waals surface area (Å²) in [5.74, 6) is 0.546. The highest BCUT2D eigenvalue weighted by molar-refractivity contribution is 5.99. The Morgan fingerprint density at radius 3 is 2.48 bits per heavy atom. The molecular weight excluding hydrogens is 306 g/mol. The molecule has 1 aliphatic heterocycles. The number of fused-ring (bicyclic) bond motifs is 1. The molecule has 0 fully saturated rings. The summed E-state index contributed by atoms with van der Waals surface area (Å²) >= 11 is 0. The molecule has 0 aliphatic carbocycles. The molecule has 1 heterocycles. The zero-order valence-electron chi connectivity index (χ0n) is 14.3. The second-order valence-electron chi connectivity index (χ2n) is 6.38. The lowest BCUT2D eigenvalue weighted by Gasteiger charge is -2.18. The molecule has 0 bridgehead atoms. The third kappa shape index (κ3) is 3.01. The molecule has 3 nitrogen and oxygen atoms in total. The molecule has 0 spiro atoms. The third-order valence-corrected chi connectivity index (χ3v) is 4.67. The van der Waals surface area contributed by atoms with Gasteiger partial charge in [0.1, 0.15) is 0 Å². The van der Waals surface area contributed by atoms with E-state index in [0.717, 1.165) is 35.5 Å². The maximum Gasteiger partial charge on any atom is 0.201 e. The fourth-order valence-electron chi connectivity index (χ4n) is 3.31. The van der Waals surface area contributed by atoms with Crippen LogP contribution in [-0.2, 0) is 6.42 Å². The van der Waals surface area contributed by atoms with Gasteiger partial charge in [-0.25, -0.2) is 4.99 Å². The molecule has 3 aromatic carbocycles. The lowest BCUT2D eigenvalue weighted by atomic mass is 10.0. The van der Waals surface area contributed by atoms with E-state index in [1.165, 1.54) is 11.1 Å². The SMILES string of the molecule is Cc1ccc(-c2ccccc2N=C(N)N2CCc3ccccc32)cc1. The first-order chi connectivity index (χ1) is 12.2. The maximum absolute atomic E-state index is 6.37. The largest absolute Gasteiger partial charge is 0.369 e. The molecule has 25 heavy (non-hydrogen) atoms. The summed E-state index contributed by atoms with van der Waals surface area (Å²) in [6.45, 7) is 2.97. The lowest BCUT2D eigenvalue weighted by molar-refractivity contribution is 1.01. The number of nitrogens with zero attached hydrogens (tertiary/aromatic N) is 2. The fraction of sp³-hybridized carbons (Fsp3) is 0.136. The first-order valence-corrected chi connectivity index (χ1v) is 8.58. The second kappa shape index (κ2) is 6.44. The minimum absolute atomic E-state index is 0.546. The highest BCUT2D eigenvalue weighted by atomic mass is 15.3. The molecular formula is C22H21N3. The minimum atomic E-state index is 0.546. The number of aliphatic imine (C=N–C) groups is 1. The molecule has 0 radical (unpaired) electrons. The molecule has 4 rings (SSSR count). The van der Waals surface area contributed by atoms with Gasteiger partial charge in [0, 0.05) is 17.8 Å². The summed E-state index contributed by atoms with van der Waals surface area (Å²) in [7, 11) is 0. The molecule has 124 valence electrons. The van der Waals surface area contributed by atoms with Crippen molar-refractivity contribution in [3.05, 3.63) is 83.9 Å². The predicted molar refractivity (Wildman–Crippen MR) is 105 cm³/mol. The highest BCUT2D eigenvalue weighted by Gasteiger charge is 2.21. The van der Waals surface area contributed by atoms with Gasteiger partial charge in [0.05, 0.1) is 5.69 Å². The van der Waals surface area contributed by atoms with Crippen molar-refractivity contribution < 1.29 is 0 Å². The molecule has 0 amide bonds. The van der Waals surface area contributed by atoms with E-state index in [2.05, 4.69) is 60.4 Å². The predicted octanol–water partition coefficient (Wildman–Crippen LogP) is 4.67. The van der Waals surface area contributed by atoms with Gasteiger partial charge >= 0.3 is 0 Å². The third-order valence-electron chi connectivity index (χ3n) is 4.67. The smallest absolute Gasteiger partial charge is 0.201 e. The Kier molecular flexibility index (Phi) is 3.98. The summed E-state index contributed by atoms with van der Waals surface area (Å²) in [6, 6.07) is 25.0. The highest BCUT2D eigenvalue weighted by Crippen LogP contribution is 2.32. The zero-order valence-corrected chi connectivity index (χ0v) is 14.3. The summed E-state index contributed by atoms with van der Waals surface area (Å²) in [6.07, 6.45) is 1.01. The molecule has 2 N–H and O–H groups in total. The normalized spacial score (nSPS) is 13.8. The Morgan fingerprint density at radius 1 is 0.920 bits per heavy atom. The first-order valence-electron chi connectivity index (χ1n) is 8.58. The van der Waals surface area contributed by atoms with E-state index < -0.39 is 0 Å². The van der Waals surface area contributed by atoms with E-state index in [-0.39, 0.29) is 0 Å². The number of anilines is 1. The first kappa shape index (κ1) is 15.5. The summed E-state index contributed by atoms with van der Waals surface area (Å²) in [5, 5.41) is 0. The van der Waals surface area contributed by atoms with E-state index in [1.807, 2.05) is 24.3 Å². The van der Waals surface area contributed by atoms with Crippen molar-refractivity contribution in [2.45, 2.75) is 13.3 Å². The Hall–Kier alpha value is -3.07. The van der Waals surface area contributed by atoms with Gasteiger partial charge in [0.25, 0.3) is 0 Å². The number of hydrogen-bond acceptors (Lipinski definition) is 1. The van der Waals surface area contributed by atoms with Crippen LogP contribution < -0.4 is 10.6 Å². The molecule has 0 saturated heterocycles. The van der Waals surface area contributed by atoms with E-state index in [4.69, 9.17) is 10.7 Å². The second-order valence-corrected chi connectivity index (χ2v) is 6.38. The van der Waals surface area contributed by atoms with Crippen molar-refractivity contribution in [3.8, 4) is 11.1 Å². The van der Waals surface area contributed by atoms with E-state index in [0.29, 0.717) is 5.96 Å². The van der Waals surface area contributed by atoms with Crippen molar-refractivity contribution in [3.63, 3.8) is 0 Å². The van der Waals surface area contributed by atoms with Gasteiger partial charge in [-0.1, -0.05) is 66.2 Å². The zero-order chi connectivity index (χ0) is 17.2. The van der Waals surface area contributed by atoms with Crippen molar-refractivity contribution in [1.82, 2.24) is 0 Å². The number of hydrogen-bond donors (Lipinski definition) is 1. The molecule has 0 saturated carbocycles. The molecule has 0 atom stereocenters. The van der Waals surface area contributed by atoms with Gasteiger partial charge in [-0.2, -0.15) is 0 Å². The van der Waals surface area contributed by atoms with Crippen LogP contribution in [0, 0.1) is 6.92 Å². The van der Waals surface area contributed by atoms with Gasteiger partial charge in [0.15, 0.2) is 0 Å². The van der Waals surface area contributed by atoms with Crippen LogP contribution in [0.1, 0.15) is 11.1 Å². The van der Waals surface area contributed by atoms with Crippen LogP contribution in [0.25, 0.3) is 11.1 Å². The minimum Gasteiger partial charge on any atom is -0.369 e. The van der Waals surface area contributed by atoms with Crippen LogP contribution in [0.2, 0.25) is 0 Å². The Morgan fingerprint density at radius 2 is 1.64 bits per heavy atom. The number of rotatable bonds is 2. The van der Waals surface area contributed by atoms with Crippen molar-refractivity contribution >= 4 is 17.3 Å². The Balaban J connectivity index is 1.71. The monoisotopic (exact) mass is 327 g/mol. The van der Waals surface area contributed by atoms with Gasteiger partial charge in [-0.15, -0.1) is 0 Å². The topological polar surface area (TPSA) is 41.6 Å². The average Bonchev–Trinajstić information content (AvgIpc) is 3.07. The van der Waals surface area contributed by atoms with Crippen LogP contribution in [0.15, 0.2) is 77.8 Å². The molecule has 3 heteroatoms. The van der Waals surface area contributed by atoms with Crippen LogP contribution >= 0.6 is 0 Å². The van der Waals surface area contributed by atoms with Crippen LogP contribution in [0.4, 0.5) is 11.4 Å². The van der Waals surface area contributed by atoms with Gasteiger partial charge in [-0.05, 0) is 36.6 Å². The molecule has 0 aromatic heterocycles. The van der Waals surface area contributed by atoms with Crippen LogP contribution in [0.3, 0.4) is 0 Å².